The molecule has 34 unspecified atom stereocenters. The number of ether oxygens (including phenoxy) is 13. The van der Waals surface area contributed by atoms with Gasteiger partial charge in [-0.3, -0.25) is 9.59 Å². The van der Waals surface area contributed by atoms with E-state index in [9.17, 15) is 76.3 Å². The van der Waals surface area contributed by atoms with Crippen molar-refractivity contribution < 1.29 is 143 Å². The van der Waals surface area contributed by atoms with Gasteiger partial charge < -0.3 is 133 Å². The first-order chi connectivity index (χ1) is 46.8. The zero-order valence-electron chi connectivity index (χ0n) is 59.1. The highest BCUT2D eigenvalue weighted by atomic mass is 16.6. The molecule has 0 bridgehead atoms. The summed E-state index contributed by atoms with van der Waals surface area (Å²) in [7, 11) is 4.54. The van der Waals surface area contributed by atoms with Gasteiger partial charge in [0, 0.05) is 32.7 Å². The molecule has 4 saturated carbocycles. The molecular formula is C70H116O29. The minimum atomic E-state index is -1.66. The van der Waals surface area contributed by atoms with Gasteiger partial charge in [0.2, 0.25) is 0 Å². The molecule has 570 valence electrons. The van der Waals surface area contributed by atoms with Crippen LogP contribution >= 0.6 is 0 Å². The van der Waals surface area contributed by atoms with Gasteiger partial charge in [-0.15, -0.1) is 0 Å². The number of carbonyl (C=O) groups excluding carboxylic acids is 1. The topological polar surface area (TPSA) is 437 Å². The third-order valence-electron chi connectivity index (χ3n) is 26.2. The van der Waals surface area contributed by atoms with E-state index in [-0.39, 0.29) is 75.9 Å². The van der Waals surface area contributed by atoms with E-state index < -0.39 is 217 Å². The third kappa shape index (κ3) is 14.4. The highest BCUT2D eigenvalue weighted by molar-refractivity contribution is 5.79. The van der Waals surface area contributed by atoms with Crippen molar-refractivity contribution in [3.05, 3.63) is 11.6 Å². The zero-order chi connectivity index (χ0) is 72.2. The third-order valence-corrected chi connectivity index (χ3v) is 26.2. The normalized spacial score (nSPS) is 49.8. The molecule has 5 aliphatic heterocycles. The Hall–Kier alpha value is -2.32. The van der Waals surface area contributed by atoms with Crippen molar-refractivity contribution >= 4 is 11.9 Å². The Kier molecular flexibility index (Phi) is 25.3. The Bertz CT molecular complexity index is 2710. The second kappa shape index (κ2) is 31.6. The zero-order valence-corrected chi connectivity index (χ0v) is 59.1. The smallest absolute Gasteiger partial charge is 0.312 e. The first kappa shape index (κ1) is 79.2. The Balaban J connectivity index is 0.763. The van der Waals surface area contributed by atoms with Crippen LogP contribution < -0.4 is 0 Å². The number of carboxylic acid groups (broad SMARTS) is 1. The largest absolute Gasteiger partial charge is 0.481 e. The van der Waals surface area contributed by atoms with Crippen molar-refractivity contribution in [3.63, 3.8) is 0 Å². The quantitative estimate of drug-likeness (QED) is 0.0287. The molecule has 0 aromatic heterocycles. The Labute approximate surface area is 579 Å². The van der Waals surface area contributed by atoms with Crippen LogP contribution in [-0.2, 0) is 71.2 Å². The molecule has 99 heavy (non-hydrogen) atoms. The lowest BCUT2D eigenvalue weighted by molar-refractivity contribution is -0.278. The fraction of sp³-hybridized carbons (Fsp3) is 0.943. The number of aliphatic hydroxyl groups excluding tert-OH is 13. The lowest BCUT2D eigenvalue weighted by atomic mass is 9.33. The van der Waals surface area contributed by atoms with Crippen LogP contribution in [0.1, 0.15) is 119 Å². The number of hydrogen-bond donors (Lipinski definition) is 14. The number of carbonyl (C=O) groups is 2. The van der Waals surface area contributed by atoms with Gasteiger partial charge in [-0.25, -0.2) is 0 Å². The maximum Gasteiger partial charge on any atom is 0.312 e. The molecule has 0 radical (unpaired) electrons. The van der Waals surface area contributed by atoms with Gasteiger partial charge in [-0.2, -0.15) is 0 Å². The minimum absolute atomic E-state index is 0.0502. The molecule has 0 aromatic rings. The van der Waals surface area contributed by atoms with Crippen LogP contribution in [0, 0.1) is 56.2 Å². The highest BCUT2D eigenvalue weighted by Gasteiger charge is 2.73. The summed E-state index contributed by atoms with van der Waals surface area (Å²) in [6.07, 6.45) is -20.5. The van der Waals surface area contributed by atoms with Crippen molar-refractivity contribution in [2.45, 2.75) is 272 Å². The van der Waals surface area contributed by atoms with Crippen molar-refractivity contribution in [2.24, 2.45) is 56.2 Å². The molecule has 14 N–H and O–H groups in total. The predicted octanol–water partition coefficient (Wildman–Crippen LogP) is -1.31. The van der Waals surface area contributed by atoms with Gasteiger partial charge in [0.25, 0.3) is 0 Å². The monoisotopic (exact) mass is 1420 g/mol. The number of esters is 1. The van der Waals surface area contributed by atoms with E-state index in [1.165, 1.54) is 7.11 Å². The van der Waals surface area contributed by atoms with E-state index in [4.69, 9.17) is 61.6 Å². The average Bonchev–Trinajstić information content (AvgIpc) is 0.669. The van der Waals surface area contributed by atoms with E-state index in [2.05, 4.69) is 33.8 Å². The number of aliphatic carboxylic acids is 1. The van der Waals surface area contributed by atoms with Crippen LogP contribution in [0.4, 0.5) is 0 Å². The Morgan fingerprint density at radius 3 is 1.73 bits per heavy atom. The molecule has 0 aromatic carbocycles. The van der Waals surface area contributed by atoms with Gasteiger partial charge >= 0.3 is 11.9 Å². The molecule has 5 saturated heterocycles. The summed E-state index contributed by atoms with van der Waals surface area (Å²) in [5.41, 5.74) is -3.82. The van der Waals surface area contributed by atoms with Gasteiger partial charge in [0.05, 0.1) is 114 Å². The molecule has 10 aliphatic rings. The van der Waals surface area contributed by atoms with E-state index in [0.29, 0.717) is 57.8 Å². The first-order valence-electron chi connectivity index (χ1n) is 35.8. The van der Waals surface area contributed by atoms with E-state index >= 15 is 4.79 Å². The van der Waals surface area contributed by atoms with Crippen molar-refractivity contribution in [2.75, 3.05) is 87.4 Å². The number of carboxylic acids is 1. The fourth-order valence-corrected chi connectivity index (χ4v) is 20.4. The lowest BCUT2D eigenvalue weighted by Gasteiger charge is -2.71. The lowest BCUT2D eigenvalue weighted by Crippen LogP contribution is -2.70. The van der Waals surface area contributed by atoms with E-state index in [1.54, 1.807) is 28.1 Å². The summed E-state index contributed by atoms with van der Waals surface area (Å²) in [4.78, 5) is 29.0. The number of aliphatic hydroxyl groups is 13. The van der Waals surface area contributed by atoms with Gasteiger partial charge in [-0.1, -0.05) is 39.3 Å². The summed E-state index contributed by atoms with van der Waals surface area (Å²) >= 11 is 0. The van der Waals surface area contributed by atoms with Gasteiger partial charge in [0.15, 0.2) is 0 Å². The maximum atomic E-state index is 15.2. The Morgan fingerprint density at radius 1 is 0.556 bits per heavy atom. The number of methoxy groups -OCH3 is 3. The molecule has 5 heterocycles. The van der Waals surface area contributed by atoms with E-state index in [1.807, 2.05) is 6.92 Å². The second-order valence-corrected chi connectivity index (χ2v) is 32.0. The minimum Gasteiger partial charge on any atom is -0.481 e. The van der Waals surface area contributed by atoms with Crippen LogP contribution in [0.3, 0.4) is 0 Å². The van der Waals surface area contributed by atoms with Crippen LogP contribution in [0.5, 0.6) is 0 Å². The van der Waals surface area contributed by atoms with Crippen molar-refractivity contribution in [1.29, 1.82) is 0 Å². The molecule has 34 atom stereocenters. The molecule has 29 nitrogen and oxygen atoms in total. The molecule has 29 heteroatoms. The predicted molar refractivity (Wildman–Crippen MR) is 344 cm³/mol. The maximum absolute atomic E-state index is 15.2. The SMILES string of the molecule is COC1C(C)OC(CCCOC(=O)C23CCC(C)(C)CC2C2=CCC4C5(C)CC(O)C(OCC6OC(CO)C(O)C(O)C6O)C(C)(C(=O)O)C5CCC4(C)C2(CO)CC3)C(OCC2OC(C)C(OCC3OCC(COCC4OC(CO)C(O)C(O)C4O)C(O)C3O)C(OC)C2O)C1OC. The summed E-state index contributed by atoms with van der Waals surface area (Å²) in [5.74, 6) is -3.16. The van der Waals surface area contributed by atoms with Crippen LogP contribution in [-0.4, -0.2) is 323 Å². The first-order valence-corrected chi connectivity index (χ1v) is 35.8. The summed E-state index contributed by atoms with van der Waals surface area (Å²) < 4.78 is 79.3. The molecular weight excluding hydrogens is 1300 g/mol. The number of fused-ring (bicyclic) bond motifs is 7. The molecule has 9 fully saturated rings. The molecule has 0 amide bonds. The van der Waals surface area contributed by atoms with Gasteiger partial charge in [0.1, 0.15) is 116 Å². The highest BCUT2D eigenvalue weighted by Crippen LogP contribution is 2.76. The fourth-order valence-electron chi connectivity index (χ4n) is 20.4. The summed E-state index contributed by atoms with van der Waals surface area (Å²) in [6.45, 7) is 11.3. The molecule has 5 aliphatic carbocycles. The van der Waals surface area contributed by atoms with Crippen molar-refractivity contribution in [1.82, 2.24) is 0 Å². The Morgan fingerprint density at radius 2 is 1.11 bits per heavy atom. The standard InChI is InChI=1S/C70H116O29/c1-33-57(87-8)61(89-10)59(94-30-45-54(81)60(88-9)58(34(2)97-45)93-29-42-51(78)48(75)35(27-92-42)26-90-28-43-52(79)55(82)49(76)40(24-71)98-43)39(96-33)12-11-21-91-64(86)69-18-17-65(3,4)22-37(69)36-13-14-46-66(5)23-38(74)62(95-31-44-53(80)56(83)50(77)41(25-72)99-44)68(7,63(84)85)47(66)15-16-67(46,6)70(36,32-73)20-19-69/h13,33-35,37-62,71-83H,11-12,14-32H2,1-10H3,(H,84,85). The molecule has 10 rings (SSSR count). The van der Waals surface area contributed by atoms with Gasteiger partial charge in [-0.05, 0) is 125 Å². The second-order valence-electron chi connectivity index (χ2n) is 32.0. The molecule has 0 spiro atoms. The average molecular weight is 1420 g/mol. The summed E-state index contributed by atoms with van der Waals surface area (Å²) in [6, 6.07) is 0. The van der Waals surface area contributed by atoms with Crippen molar-refractivity contribution in [3.8, 4) is 0 Å². The number of allylic oxidation sites excluding steroid dienone is 1. The number of rotatable bonds is 25. The summed E-state index contributed by atoms with van der Waals surface area (Å²) in [5, 5.41) is 151. The number of hydrogen-bond acceptors (Lipinski definition) is 28. The van der Waals surface area contributed by atoms with E-state index in [0.717, 1.165) is 12.0 Å². The van der Waals surface area contributed by atoms with Crippen LogP contribution in [0.2, 0.25) is 0 Å². The van der Waals surface area contributed by atoms with Crippen LogP contribution in [0.15, 0.2) is 11.6 Å². The van der Waals surface area contributed by atoms with Crippen LogP contribution in [0.25, 0.3) is 0 Å².